The van der Waals surface area contributed by atoms with E-state index in [9.17, 15) is 14.0 Å². The van der Waals surface area contributed by atoms with Crippen molar-refractivity contribution in [3.05, 3.63) is 106 Å². The van der Waals surface area contributed by atoms with Gasteiger partial charge in [-0.1, -0.05) is 36.4 Å². The minimum absolute atomic E-state index is 0.0851. The van der Waals surface area contributed by atoms with Crippen LogP contribution in [0, 0.1) is 19.7 Å². The van der Waals surface area contributed by atoms with Crippen LogP contribution < -0.4 is 4.74 Å². The summed E-state index contributed by atoms with van der Waals surface area (Å²) >= 11 is 0. The van der Waals surface area contributed by atoms with Crippen LogP contribution in [0.2, 0.25) is 0 Å². The lowest BCUT2D eigenvalue weighted by atomic mass is 9.78. The Bertz CT molecular complexity index is 1480. The number of halogens is 4. The minimum atomic E-state index is -4.94. The normalized spacial score (nSPS) is 20.1. The number of aryl methyl sites for hydroxylation is 2. The summed E-state index contributed by atoms with van der Waals surface area (Å²) in [5.74, 6) is -2.27. The van der Waals surface area contributed by atoms with Crippen molar-refractivity contribution in [2.45, 2.75) is 51.2 Å². The Labute approximate surface area is 217 Å². The summed E-state index contributed by atoms with van der Waals surface area (Å²) in [6, 6.07) is 14.4. The predicted molar refractivity (Wildman–Crippen MR) is 134 cm³/mol. The Morgan fingerprint density at radius 1 is 0.974 bits per heavy atom. The molecule has 0 unspecified atom stereocenters. The first kappa shape index (κ1) is 25.7. The Morgan fingerprint density at radius 3 is 2.18 bits per heavy atom. The molecule has 2 heterocycles. The van der Waals surface area contributed by atoms with E-state index in [4.69, 9.17) is 4.74 Å². The SMILES string of the molecule is Cc1cc([C@@]2(C(F)(F)F)C=C3c4ccccc4CC(C)(C)N3C2=O)cc(C)c1OC(=O)c1ccc(F)cc1. The average Bonchev–Trinajstić information content (AvgIpc) is 3.17. The lowest BCUT2D eigenvalue weighted by Gasteiger charge is -2.43. The van der Waals surface area contributed by atoms with Crippen LogP contribution in [0.15, 0.2) is 66.7 Å². The first-order valence-corrected chi connectivity index (χ1v) is 12.1. The number of fused-ring (bicyclic) bond motifs is 3. The number of ether oxygens (including phenoxy) is 1. The van der Waals surface area contributed by atoms with Gasteiger partial charge in [0.05, 0.1) is 5.56 Å². The lowest BCUT2D eigenvalue weighted by molar-refractivity contribution is -0.187. The number of esters is 1. The zero-order valence-electron chi connectivity index (χ0n) is 21.2. The summed E-state index contributed by atoms with van der Waals surface area (Å²) in [5, 5.41) is 0. The van der Waals surface area contributed by atoms with Crippen LogP contribution in [0.5, 0.6) is 5.75 Å². The topological polar surface area (TPSA) is 46.6 Å². The number of carbonyl (C=O) groups is 2. The summed E-state index contributed by atoms with van der Waals surface area (Å²) in [4.78, 5) is 27.8. The lowest BCUT2D eigenvalue weighted by Crippen LogP contribution is -2.56. The van der Waals surface area contributed by atoms with E-state index in [2.05, 4.69) is 0 Å². The van der Waals surface area contributed by atoms with Crippen molar-refractivity contribution in [3.8, 4) is 5.75 Å². The molecule has 0 aromatic heterocycles. The highest BCUT2D eigenvalue weighted by molar-refractivity contribution is 6.05. The highest BCUT2D eigenvalue weighted by atomic mass is 19.4. The number of alkyl halides is 3. The van der Waals surface area contributed by atoms with Gasteiger partial charge in [-0.2, -0.15) is 13.2 Å². The Hall–Kier alpha value is -3.94. The van der Waals surface area contributed by atoms with Gasteiger partial charge < -0.3 is 9.64 Å². The number of benzene rings is 3. The standard InChI is InChI=1S/C30H25F4NO3/c1-17-13-21(14-18(2)25(17)38-26(36)19-9-11-22(31)12-10-19)29(30(32,33)34)16-24-23-8-6-5-7-20(23)15-28(3,4)35(24)27(29)37/h5-14,16H,15H2,1-4H3/t29-/m0/s1. The first-order chi connectivity index (χ1) is 17.8. The van der Waals surface area contributed by atoms with Gasteiger partial charge in [-0.05, 0) is 86.7 Å². The molecule has 2 aliphatic rings. The molecular formula is C30H25F4NO3. The first-order valence-electron chi connectivity index (χ1n) is 12.1. The maximum Gasteiger partial charge on any atom is 0.410 e. The number of nitrogens with zero attached hydrogens (tertiary/aromatic N) is 1. The van der Waals surface area contributed by atoms with E-state index in [1.807, 2.05) is 12.1 Å². The van der Waals surface area contributed by atoms with Crippen LogP contribution >= 0.6 is 0 Å². The maximum absolute atomic E-state index is 15.0. The van der Waals surface area contributed by atoms with E-state index >= 15 is 13.2 Å². The number of carbonyl (C=O) groups excluding carboxylic acids is 2. The molecule has 0 fully saturated rings. The predicted octanol–water partition coefficient (Wildman–Crippen LogP) is 6.68. The molecular weight excluding hydrogens is 498 g/mol. The van der Waals surface area contributed by atoms with Crippen LogP contribution in [0.25, 0.3) is 5.70 Å². The maximum atomic E-state index is 15.0. The molecule has 1 amide bonds. The summed E-state index contributed by atoms with van der Waals surface area (Å²) in [5.41, 5.74) is -1.71. The van der Waals surface area contributed by atoms with Crippen molar-refractivity contribution in [2.24, 2.45) is 0 Å². The Balaban J connectivity index is 1.63. The minimum Gasteiger partial charge on any atom is -0.422 e. The van der Waals surface area contributed by atoms with E-state index in [0.29, 0.717) is 12.0 Å². The summed E-state index contributed by atoms with van der Waals surface area (Å²) in [6.45, 7) is 6.56. The van der Waals surface area contributed by atoms with E-state index in [-0.39, 0.29) is 33.7 Å². The highest BCUT2D eigenvalue weighted by Crippen LogP contribution is 2.55. The van der Waals surface area contributed by atoms with Crippen LogP contribution in [0.1, 0.15) is 52.0 Å². The van der Waals surface area contributed by atoms with Gasteiger partial charge in [0.25, 0.3) is 5.91 Å². The molecule has 0 aliphatic carbocycles. The number of hydrogen-bond acceptors (Lipinski definition) is 3. The fraction of sp³-hybridized carbons (Fsp3) is 0.267. The van der Waals surface area contributed by atoms with E-state index in [1.54, 1.807) is 26.0 Å². The van der Waals surface area contributed by atoms with Gasteiger partial charge in [0.1, 0.15) is 11.6 Å². The quantitative estimate of drug-likeness (QED) is 0.219. The largest absolute Gasteiger partial charge is 0.422 e. The van der Waals surface area contributed by atoms with Gasteiger partial charge in [-0.3, -0.25) is 4.79 Å². The van der Waals surface area contributed by atoms with Crippen molar-refractivity contribution in [2.75, 3.05) is 0 Å². The molecule has 4 nitrogen and oxygen atoms in total. The van der Waals surface area contributed by atoms with Gasteiger partial charge in [-0.25, -0.2) is 9.18 Å². The highest BCUT2D eigenvalue weighted by Gasteiger charge is 2.67. The molecule has 3 aromatic rings. The zero-order chi connectivity index (χ0) is 27.6. The third kappa shape index (κ3) is 3.81. The van der Waals surface area contributed by atoms with Crippen molar-refractivity contribution in [1.82, 2.24) is 4.90 Å². The van der Waals surface area contributed by atoms with E-state index in [1.165, 1.54) is 43.0 Å². The Morgan fingerprint density at radius 2 is 1.58 bits per heavy atom. The van der Waals surface area contributed by atoms with Gasteiger partial charge >= 0.3 is 12.1 Å². The molecule has 1 atom stereocenters. The van der Waals surface area contributed by atoms with Crippen molar-refractivity contribution in [3.63, 3.8) is 0 Å². The Kier molecular flexibility index (Phi) is 5.78. The number of amides is 1. The second-order valence-corrected chi connectivity index (χ2v) is 10.5. The fourth-order valence-corrected chi connectivity index (χ4v) is 5.54. The molecule has 2 aliphatic heterocycles. The zero-order valence-corrected chi connectivity index (χ0v) is 21.2. The molecule has 0 N–H and O–H groups in total. The molecule has 38 heavy (non-hydrogen) atoms. The van der Waals surface area contributed by atoms with Gasteiger partial charge in [0.2, 0.25) is 0 Å². The van der Waals surface area contributed by atoms with Crippen LogP contribution in [0.4, 0.5) is 17.6 Å². The average molecular weight is 524 g/mol. The van der Waals surface area contributed by atoms with Crippen LogP contribution in [0.3, 0.4) is 0 Å². The number of hydrogen-bond donors (Lipinski definition) is 0. The molecule has 0 spiro atoms. The smallest absolute Gasteiger partial charge is 0.410 e. The van der Waals surface area contributed by atoms with E-state index < -0.39 is 34.8 Å². The number of rotatable bonds is 3. The molecule has 0 bridgehead atoms. The third-order valence-corrected chi connectivity index (χ3v) is 7.29. The van der Waals surface area contributed by atoms with Gasteiger partial charge in [0.15, 0.2) is 5.41 Å². The molecule has 196 valence electrons. The van der Waals surface area contributed by atoms with Gasteiger partial charge in [0, 0.05) is 16.8 Å². The second-order valence-electron chi connectivity index (χ2n) is 10.5. The van der Waals surface area contributed by atoms with Crippen molar-refractivity contribution in [1.29, 1.82) is 0 Å². The molecule has 5 rings (SSSR count). The van der Waals surface area contributed by atoms with Gasteiger partial charge in [-0.15, -0.1) is 0 Å². The monoisotopic (exact) mass is 523 g/mol. The van der Waals surface area contributed by atoms with Crippen molar-refractivity contribution >= 4 is 17.6 Å². The third-order valence-electron chi connectivity index (χ3n) is 7.29. The molecule has 0 radical (unpaired) electrons. The summed E-state index contributed by atoms with van der Waals surface area (Å²) in [6.07, 6.45) is -3.49. The second kappa shape index (κ2) is 8.55. The molecule has 0 saturated carbocycles. The molecule has 0 saturated heterocycles. The van der Waals surface area contributed by atoms with Crippen LogP contribution in [-0.2, 0) is 16.6 Å². The molecule has 3 aromatic carbocycles. The fourth-order valence-electron chi connectivity index (χ4n) is 5.54. The summed E-state index contributed by atoms with van der Waals surface area (Å²) < 4.78 is 63.8. The van der Waals surface area contributed by atoms with Crippen LogP contribution in [-0.4, -0.2) is 28.5 Å². The summed E-state index contributed by atoms with van der Waals surface area (Å²) in [7, 11) is 0. The molecule has 8 heteroatoms. The van der Waals surface area contributed by atoms with Crippen molar-refractivity contribution < 1.29 is 31.9 Å². The van der Waals surface area contributed by atoms with E-state index in [0.717, 1.165) is 23.8 Å².